The summed E-state index contributed by atoms with van der Waals surface area (Å²) < 4.78 is 23.7. The fourth-order valence-electron chi connectivity index (χ4n) is 3.60. The normalized spacial score (nSPS) is 15.6. The molecule has 2 amide bonds. The van der Waals surface area contributed by atoms with E-state index in [9.17, 15) is 18.0 Å². The lowest BCUT2D eigenvalue weighted by Gasteiger charge is -2.17. The van der Waals surface area contributed by atoms with Crippen molar-refractivity contribution in [2.75, 3.05) is 5.75 Å². The van der Waals surface area contributed by atoms with Crippen LogP contribution in [0.5, 0.6) is 0 Å². The molecule has 5 nitrogen and oxygen atoms in total. The minimum Gasteiger partial charge on any atom is -0.272 e. The molecule has 1 heterocycles. The second-order valence-corrected chi connectivity index (χ2v) is 11.2. The van der Waals surface area contributed by atoms with Crippen molar-refractivity contribution in [1.82, 2.24) is 4.90 Å². The first-order valence-electron chi connectivity index (χ1n) is 10.3. The average Bonchev–Trinajstić information content (AvgIpc) is 2.85. The molecular formula is C22H33NO4S. The Morgan fingerprint density at radius 2 is 1.50 bits per heavy atom. The van der Waals surface area contributed by atoms with Crippen molar-refractivity contribution < 1.29 is 18.0 Å². The van der Waals surface area contributed by atoms with Crippen LogP contribution in [0.2, 0.25) is 0 Å². The van der Waals surface area contributed by atoms with Crippen LogP contribution in [0.4, 0.5) is 0 Å². The molecule has 0 saturated carbocycles. The number of rotatable bonds is 10. The molecule has 1 unspecified atom stereocenters. The van der Waals surface area contributed by atoms with Crippen molar-refractivity contribution in [3.63, 3.8) is 0 Å². The minimum absolute atomic E-state index is 0.142. The lowest BCUT2D eigenvalue weighted by atomic mass is 9.96. The van der Waals surface area contributed by atoms with Crippen molar-refractivity contribution in [3.8, 4) is 0 Å². The van der Waals surface area contributed by atoms with Crippen LogP contribution in [0.15, 0.2) is 18.2 Å². The second-order valence-electron chi connectivity index (χ2n) is 8.51. The number of fused-ring (bicyclic) bond motifs is 1. The van der Waals surface area contributed by atoms with E-state index in [4.69, 9.17) is 0 Å². The molecule has 0 saturated heterocycles. The third-order valence-electron chi connectivity index (χ3n) is 5.51. The third-order valence-corrected chi connectivity index (χ3v) is 7.80. The van der Waals surface area contributed by atoms with Gasteiger partial charge in [-0.05, 0) is 77.0 Å². The maximum atomic E-state index is 12.5. The standard InChI is InChI=1S/C22H33NO4S/c1-15(2)23-21(24)19-12-11-18(14-20(19)22(23)25)10-6-8-17(5)9-7-13-28(26,27)16(3)4/h11-12,14-17H,6-10,13H2,1-5H3. The summed E-state index contributed by atoms with van der Waals surface area (Å²) in [5.41, 5.74) is 2.09. The van der Waals surface area contributed by atoms with Crippen LogP contribution in [0.25, 0.3) is 0 Å². The van der Waals surface area contributed by atoms with Gasteiger partial charge >= 0.3 is 0 Å². The number of nitrogens with zero attached hydrogens (tertiary/aromatic N) is 1. The number of hydrogen-bond donors (Lipinski definition) is 0. The Labute approximate surface area is 169 Å². The van der Waals surface area contributed by atoms with Crippen LogP contribution < -0.4 is 0 Å². The zero-order valence-electron chi connectivity index (χ0n) is 17.7. The number of sulfone groups is 1. The average molecular weight is 408 g/mol. The van der Waals surface area contributed by atoms with Crippen LogP contribution >= 0.6 is 0 Å². The van der Waals surface area contributed by atoms with E-state index in [2.05, 4.69) is 6.92 Å². The van der Waals surface area contributed by atoms with Crippen molar-refractivity contribution in [1.29, 1.82) is 0 Å². The molecular weight excluding hydrogens is 374 g/mol. The number of amides is 2. The molecule has 1 aliphatic heterocycles. The van der Waals surface area contributed by atoms with Crippen molar-refractivity contribution in [2.45, 2.75) is 78.0 Å². The van der Waals surface area contributed by atoms with Crippen molar-refractivity contribution in [3.05, 3.63) is 34.9 Å². The van der Waals surface area contributed by atoms with E-state index >= 15 is 0 Å². The first-order valence-corrected chi connectivity index (χ1v) is 12.0. The van der Waals surface area contributed by atoms with Gasteiger partial charge in [-0.25, -0.2) is 8.42 Å². The zero-order chi connectivity index (χ0) is 21.1. The molecule has 0 N–H and O–H groups in total. The van der Waals surface area contributed by atoms with Gasteiger partial charge in [0.1, 0.15) is 0 Å². The highest BCUT2D eigenvalue weighted by Crippen LogP contribution is 2.26. The molecule has 1 aliphatic rings. The van der Waals surface area contributed by atoms with Gasteiger partial charge in [-0.2, -0.15) is 0 Å². The van der Waals surface area contributed by atoms with Crippen LogP contribution in [0.3, 0.4) is 0 Å². The Hall–Kier alpha value is -1.69. The largest absolute Gasteiger partial charge is 0.272 e. The lowest BCUT2D eigenvalue weighted by molar-refractivity contribution is 0.0609. The summed E-state index contributed by atoms with van der Waals surface area (Å²) in [4.78, 5) is 26.1. The quantitative estimate of drug-likeness (QED) is 0.544. The molecule has 0 fully saturated rings. The highest BCUT2D eigenvalue weighted by molar-refractivity contribution is 7.91. The molecule has 0 aromatic heterocycles. The summed E-state index contributed by atoms with van der Waals surface area (Å²) >= 11 is 0. The predicted octanol–water partition coefficient (Wildman–Crippen LogP) is 4.25. The third kappa shape index (κ3) is 5.22. The zero-order valence-corrected chi connectivity index (χ0v) is 18.5. The predicted molar refractivity (Wildman–Crippen MR) is 112 cm³/mol. The highest BCUT2D eigenvalue weighted by Gasteiger charge is 2.37. The summed E-state index contributed by atoms with van der Waals surface area (Å²) in [6.45, 7) is 9.31. The van der Waals surface area contributed by atoms with Crippen LogP contribution in [0, 0.1) is 5.92 Å². The van der Waals surface area contributed by atoms with E-state index < -0.39 is 9.84 Å². The fraction of sp³-hybridized carbons (Fsp3) is 0.636. The Morgan fingerprint density at radius 1 is 0.893 bits per heavy atom. The smallest absolute Gasteiger partial charge is 0.261 e. The van der Waals surface area contributed by atoms with Crippen LogP contribution in [-0.2, 0) is 16.3 Å². The number of imide groups is 1. The summed E-state index contributed by atoms with van der Waals surface area (Å²) in [6, 6.07) is 5.43. The number of carbonyl (C=O) groups excluding carboxylic acids is 2. The molecule has 1 aromatic carbocycles. The first-order chi connectivity index (χ1) is 13.0. The Balaban J connectivity index is 1.84. The molecule has 156 valence electrons. The number of benzene rings is 1. The van der Waals surface area contributed by atoms with E-state index in [1.807, 2.05) is 26.0 Å². The molecule has 0 bridgehead atoms. The molecule has 0 spiro atoms. The van der Waals surface area contributed by atoms with Crippen molar-refractivity contribution in [2.24, 2.45) is 5.92 Å². The number of hydrogen-bond acceptors (Lipinski definition) is 4. The van der Waals surface area contributed by atoms with Gasteiger partial charge in [0.15, 0.2) is 9.84 Å². The van der Waals surface area contributed by atoms with Crippen molar-refractivity contribution >= 4 is 21.7 Å². The van der Waals surface area contributed by atoms with Gasteiger partial charge in [-0.15, -0.1) is 0 Å². The monoisotopic (exact) mass is 407 g/mol. The van der Waals surface area contributed by atoms with Gasteiger partial charge in [0, 0.05) is 6.04 Å². The topological polar surface area (TPSA) is 71.5 Å². The molecule has 2 rings (SSSR count). The Morgan fingerprint density at radius 3 is 2.11 bits per heavy atom. The van der Waals surface area contributed by atoms with E-state index in [0.29, 0.717) is 23.5 Å². The summed E-state index contributed by atoms with van der Waals surface area (Å²) in [5.74, 6) is 0.335. The lowest BCUT2D eigenvalue weighted by Crippen LogP contribution is -2.35. The number of aryl methyl sites for hydroxylation is 1. The van der Waals surface area contributed by atoms with Gasteiger partial charge in [0.25, 0.3) is 11.8 Å². The summed E-state index contributed by atoms with van der Waals surface area (Å²) in [7, 11) is -2.95. The van der Waals surface area contributed by atoms with E-state index in [1.54, 1.807) is 19.9 Å². The van der Waals surface area contributed by atoms with Gasteiger partial charge in [0.05, 0.1) is 22.1 Å². The van der Waals surface area contributed by atoms with Crippen LogP contribution in [-0.4, -0.2) is 42.2 Å². The molecule has 1 atom stereocenters. The molecule has 1 aromatic rings. The van der Waals surface area contributed by atoms with E-state index in [0.717, 1.165) is 31.2 Å². The highest BCUT2D eigenvalue weighted by atomic mass is 32.2. The second kappa shape index (κ2) is 9.21. The van der Waals surface area contributed by atoms with Gasteiger partial charge in [-0.1, -0.05) is 19.4 Å². The molecule has 28 heavy (non-hydrogen) atoms. The van der Waals surface area contributed by atoms with Crippen LogP contribution in [0.1, 0.15) is 86.6 Å². The van der Waals surface area contributed by atoms with Gasteiger partial charge in [0.2, 0.25) is 0 Å². The Bertz CT molecular complexity index is 827. The fourth-order valence-corrected chi connectivity index (χ4v) is 4.64. The van der Waals surface area contributed by atoms with E-state index in [-0.39, 0.29) is 28.9 Å². The summed E-state index contributed by atoms with van der Waals surface area (Å²) in [5, 5.41) is -0.302. The molecule has 6 heteroatoms. The SMILES string of the molecule is CC(CCCc1ccc2c(c1)C(=O)N(C(C)C)C2=O)CCCS(=O)(=O)C(C)C. The maximum Gasteiger partial charge on any atom is 0.261 e. The number of carbonyl (C=O) groups is 2. The van der Waals surface area contributed by atoms with Gasteiger partial charge < -0.3 is 0 Å². The minimum atomic E-state index is -2.95. The van der Waals surface area contributed by atoms with Gasteiger partial charge in [-0.3, -0.25) is 14.5 Å². The molecule has 0 aliphatic carbocycles. The summed E-state index contributed by atoms with van der Waals surface area (Å²) in [6.07, 6.45) is 4.47. The first kappa shape index (κ1) is 22.6. The molecule has 0 radical (unpaired) electrons. The van der Waals surface area contributed by atoms with E-state index in [1.165, 1.54) is 4.90 Å². The Kier molecular flexibility index (Phi) is 7.43. The maximum absolute atomic E-state index is 12.5.